The topological polar surface area (TPSA) is 53.9 Å². The molecule has 126 valence electrons. The Morgan fingerprint density at radius 1 is 1.27 bits per heavy atom. The summed E-state index contributed by atoms with van der Waals surface area (Å²) < 4.78 is 5.50. The van der Waals surface area contributed by atoms with Crippen molar-refractivity contribution < 1.29 is 9.53 Å². The third-order valence-electron chi connectivity index (χ3n) is 4.46. The molecule has 2 rings (SSSR count). The molecule has 22 heavy (non-hydrogen) atoms. The van der Waals surface area contributed by atoms with Gasteiger partial charge in [0.15, 0.2) is 5.96 Å². The Kier molecular flexibility index (Phi) is 5.70. The number of hydrogen-bond acceptors (Lipinski definition) is 3. The van der Waals surface area contributed by atoms with Gasteiger partial charge in [-0.1, -0.05) is 12.8 Å². The fourth-order valence-corrected chi connectivity index (χ4v) is 3.31. The SMILES string of the molecule is CN=C(NCC1CCCC1)N1CCC(C(=O)OC(C)(C)C)C1. The van der Waals surface area contributed by atoms with Crippen molar-refractivity contribution in [2.75, 3.05) is 26.7 Å². The molecule has 0 radical (unpaired) electrons. The van der Waals surface area contributed by atoms with Crippen molar-refractivity contribution in [3.8, 4) is 0 Å². The summed E-state index contributed by atoms with van der Waals surface area (Å²) in [7, 11) is 1.82. The summed E-state index contributed by atoms with van der Waals surface area (Å²) in [6.45, 7) is 8.33. The van der Waals surface area contributed by atoms with E-state index in [4.69, 9.17) is 4.74 Å². The molecule has 5 nitrogen and oxygen atoms in total. The molecule has 0 aromatic carbocycles. The number of ether oxygens (including phenoxy) is 1. The van der Waals surface area contributed by atoms with E-state index >= 15 is 0 Å². The van der Waals surface area contributed by atoms with Crippen LogP contribution < -0.4 is 5.32 Å². The number of esters is 1. The van der Waals surface area contributed by atoms with Crippen LogP contribution in [-0.4, -0.2) is 49.1 Å². The van der Waals surface area contributed by atoms with E-state index in [2.05, 4.69) is 15.2 Å². The van der Waals surface area contributed by atoms with Gasteiger partial charge in [-0.05, 0) is 46.0 Å². The maximum atomic E-state index is 12.2. The fraction of sp³-hybridized carbons (Fsp3) is 0.882. The highest BCUT2D eigenvalue weighted by molar-refractivity contribution is 5.82. The normalized spacial score (nSPS) is 23.9. The largest absolute Gasteiger partial charge is 0.460 e. The maximum Gasteiger partial charge on any atom is 0.311 e. The zero-order chi connectivity index (χ0) is 16.2. The summed E-state index contributed by atoms with van der Waals surface area (Å²) >= 11 is 0. The Morgan fingerprint density at radius 2 is 1.95 bits per heavy atom. The predicted octanol–water partition coefficient (Wildman–Crippen LogP) is 2.42. The van der Waals surface area contributed by atoms with Gasteiger partial charge in [-0.3, -0.25) is 9.79 Å². The van der Waals surface area contributed by atoms with Crippen LogP contribution in [-0.2, 0) is 9.53 Å². The lowest BCUT2D eigenvalue weighted by atomic mass is 10.1. The van der Waals surface area contributed by atoms with E-state index in [1.54, 1.807) is 0 Å². The van der Waals surface area contributed by atoms with Gasteiger partial charge in [0, 0.05) is 26.7 Å². The molecule has 0 aromatic rings. The number of carbonyl (C=O) groups is 1. The van der Waals surface area contributed by atoms with Crippen molar-refractivity contribution in [1.82, 2.24) is 10.2 Å². The van der Waals surface area contributed by atoms with Gasteiger partial charge in [-0.2, -0.15) is 0 Å². The number of likely N-dealkylation sites (tertiary alicyclic amines) is 1. The summed E-state index contributed by atoms with van der Waals surface area (Å²) in [6.07, 6.45) is 6.21. The molecule has 2 aliphatic rings. The highest BCUT2D eigenvalue weighted by atomic mass is 16.6. The first kappa shape index (κ1) is 17.1. The smallest absolute Gasteiger partial charge is 0.311 e. The molecule has 0 aromatic heterocycles. The average Bonchev–Trinajstić information content (AvgIpc) is 3.08. The van der Waals surface area contributed by atoms with Gasteiger partial charge in [0.1, 0.15) is 5.60 Å². The van der Waals surface area contributed by atoms with Crippen LogP contribution in [0.25, 0.3) is 0 Å². The van der Waals surface area contributed by atoms with Crippen LogP contribution in [0.4, 0.5) is 0 Å². The lowest BCUT2D eigenvalue weighted by Gasteiger charge is -2.24. The second-order valence-corrected chi connectivity index (χ2v) is 7.54. The van der Waals surface area contributed by atoms with Crippen LogP contribution in [0.3, 0.4) is 0 Å². The Morgan fingerprint density at radius 3 is 2.55 bits per heavy atom. The first-order valence-electron chi connectivity index (χ1n) is 8.57. The number of hydrogen-bond donors (Lipinski definition) is 1. The first-order chi connectivity index (χ1) is 10.4. The standard InChI is InChI=1S/C17H31N3O2/c1-17(2,3)22-15(21)14-9-10-20(12-14)16(18-4)19-11-13-7-5-6-8-13/h13-14H,5-12H2,1-4H3,(H,18,19). The molecule has 0 spiro atoms. The molecule has 5 heteroatoms. The Balaban J connectivity index is 1.81. The Bertz CT molecular complexity index is 409. The fourth-order valence-electron chi connectivity index (χ4n) is 3.31. The highest BCUT2D eigenvalue weighted by Crippen LogP contribution is 2.24. The lowest BCUT2D eigenvalue weighted by molar-refractivity contribution is -0.159. The number of aliphatic imine (C=N–C) groups is 1. The van der Waals surface area contributed by atoms with E-state index in [0.717, 1.165) is 31.4 Å². The molecule has 0 bridgehead atoms. The molecule has 0 amide bonds. The number of nitrogens with one attached hydrogen (secondary N) is 1. The van der Waals surface area contributed by atoms with Gasteiger partial charge in [0.25, 0.3) is 0 Å². The number of carbonyl (C=O) groups excluding carboxylic acids is 1. The molecule has 1 heterocycles. The maximum absolute atomic E-state index is 12.2. The van der Waals surface area contributed by atoms with Gasteiger partial charge in [0.2, 0.25) is 0 Å². The van der Waals surface area contributed by atoms with Crippen LogP contribution in [0.2, 0.25) is 0 Å². The van der Waals surface area contributed by atoms with Crippen molar-refractivity contribution in [2.24, 2.45) is 16.8 Å². The number of guanidine groups is 1. The van der Waals surface area contributed by atoms with Gasteiger partial charge >= 0.3 is 5.97 Å². The summed E-state index contributed by atoms with van der Waals surface area (Å²) in [5, 5.41) is 3.48. The lowest BCUT2D eigenvalue weighted by Crippen LogP contribution is -2.42. The monoisotopic (exact) mass is 309 g/mol. The predicted molar refractivity (Wildman–Crippen MR) is 88.8 cm³/mol. The number of nitrogens with zero attached hydrogens (tertiary/aromatic N) is 2. The van der Waals surface area contributed by atoms with E-state index < -0.39 is 5.60 Å². The zero-order valence-corrected chi connectivity index (χ0v) is 14.5. The second kappa shape index (κ2) is 7.34. The molecular weight excluding hydrogens is 278 g/mol. The molecule has 1 unspecified atom stereocenters. The minimum absolute atomic E-state index is 0.0377. The van der Waals surface area contributed by atoms with Crippen molar-refractivity contribution >= 4 is 11.9 Å². The molecule has 1 aliphatic carbocycles. The van der Waals surface area contributed by atoms with Gasteiger partial charge in [-0.25, -0.2) is 0 Å². The Hall–Kier alpha value is -1.26. The van der Waals surface area contributed by atoms with Gasteiger partial charge in [-0.15, -0.1) is 0 Å². The van der Waals surface area contributed by atoms with Crippen molar-refractivity contribution in [3.05, 3.63) is 0 Å². The van der Waals surface area contributed by atoms with Crippen LogP contribution in [0.1, 0.15) is 52.9 Å². The molecular formula is C17H31N3O2. The minimum atomic E-state index is -0.410. The van der Waals surface area contributed by atoms with E-state index in [1.165, 1.54) is 25.7 Å². The second-order valence-electron chi connectivity index (χ2n) is 7.54. The van der Waals surface area contributed by atoms with Crippen LogP contribution in [0, 0.1) is 11.8 Å². The molecule has 1 atom stereocenters. The molecule has 2 fully saturated rings. The van der Waals surface area contributed by atoms with E-state index in [1.807, 2.05) is 27.8 Å². The Labute approximate surface area is 134 Å². The molecule has 1 saturated heterocycles. The molecule has 1 aliphatic heterocycles. The first-order valence-corrected chi connectivity index (χ1v) is 8.57. The van der Waals surface area contributed by atoms with E-state index in [0.29, 0.717) is 6.54 Å². The van der Waals surface area contributed by atoms with Crippen LogP contribution in [0.5, 0.6) is 0 Å². The molecule has 1 saturated carbocycles. The van der Waals surface area contributed by atoms with Gasteiger partial charge in [0.05, 0.1) is 5.92 Å². The van der Waals surface area contributed by atoms with Gasteiger partial charge < -0.3 is 15.0 Å². The van der Waals surface area contributed by atoms with E-state index in [-0.39, 0.29) is 11.9 Å². The van der Waals surface area contributed by atoms with Crippen LogP contribution >= 0.6 is 0 Å². The van der Waals surface area contributed by atoms with E-state index in [9.17, 15) is 4.79 Å². The minimum Gasteiger partial charge on any atom is -0.460 e. The summed E-state index contributed by atoms with van der Waals surface area (Å²) in [5.74, 6) is 1.59. The quantitative estimate of drug-likeness (QED) is 0.494. The number of rotatable bonds is 3. The van der Waals surface area contributed by atoms with Crippen molar-refractivity contribution in [1.29, 1.82) is 0 Å². The summed E-state index contributed by atoms with van der Waals surface area (Å²) in [5.41, 5.74) is -0.410. The van der Waals surface area contributed by atoms with Crippen molar-refractivity contribution in [2.45, 2.75) is 58.5 Å². The average molecular weight is 309 g/mol. The summed E-state index contributed by atoms with van der Waals surface area (Å²) in [6, 6.07) is 0. The third kappa shape index (κ3) is 4.89. The molecule has 1 N–H and O–H groups in total. The van der Waals surface area contributed by atoms with Crippen molar-refractivity contribution in [3.63, 3.8) is 0 Å². The third-order valence-corrected chi connectivity index (χ3v) is 4.46. The van der Waals surface area contributed by atoms with Crippen LogP contribution in [0.15, 0.2) is 4.99 Å². The summed E-state index contributed by atoms with van der Waals surface area (Å²) in [4.78, 5) is 18.7. The highest BCUT2D eigenvalue weighted by Gasteiger charge is 2.33. The zero-order valence-electron chi connectivity index (χ0n) is 14.5.